The van der Waals surface area contributed by atoms with Crippen molar-refractivity contribution >= 4 is 15.9 Å². The third-order valence-electron chi connectivity index (χ3n) is 6.33. The van der Waals surface area contributed by atoms with E-state index in [9.17, 15) is 22.0 Å². The van der Waals surface area contributed by atoms with Crippen LogP contribution >= 0.6 is 0 Å². The fourth-order valence-electron chi connectivity index (χ4n) is 4.48. The van der Waals surface area contributed by atoms with Gasteiger partial charge in [0.15, 0.2) is 4.75 Å². The molecule has 1 saturated carbocycles. The SMILES string of the molecule is CC(F)(F)CCc1ccc(C2CCN(S(=O)(=O)C3(C(=O)NO)CCCC3)CC2)nc1. The quantitative estimate of drug-likeness (QED) is 0.497. The number of carbonyl (C=O) groups excluding carboxylic acids is 1. The van der Waals surface area contributed by atoms with E-state index in [4.69, 9.17) is 5.21 Å². The average molecular weight is 446 g/mol. The minimum Gasteiger partial charge on any atom is -0.289 e. The van der Waals surface area contributed by atoms with E-state index in [2.05, 4.69) is 4.98 Å². The molecule has 1 saturated heterocycles. The van der Waals surface area contributed by atoms with Crippen LogP contribution in [0.4, 0.5) is 8.78 Å². The highest BCUT2D eigenvalue weighted by Gasteiger charge is 2.55. The largest absolute Gasteiger partial charge is 0.289 e. The molecule has 168 valence electrons. The number of hydroxylamine groups is 1. The van der Waals surface area contributed by atoms with Crippen LogP contribution in [0.5, 0.6) is 0 Å². The van der Waals surface area contributed by atoms with Crippen LogP contribution < -0.4 is 5.48 Å². The van der Waals surface area contributed by atoms with Gasteiger partial charge in [-0.1, -0.05) is 18.9 Å². The fraction of sp³-hybridized carbons (Fsp3) is 0.700. The lowest BCUT2D eigenvalue weighted by Crippen LogP contribution is -2.56. The Hall–Kier alpha value is -1.65. The van der Waals surface area contributed by atoms with Crippen LogP contribution in [0, 0.1) is 0 Å². The van der Waals surface area contributed by atoms with Crippen molar-refractivity contribution < 1.29 is 27.2 Å². The van der Waals surface area contributed by atoms with Crippen LogP contribution in [-0.4, -0.2) is 52.6 Å². The molecule has 1 aliphatic heterocycles. The van der Waals surface area contributed by atoms with Gasteiger partial charge < -0.3 is 0 Å². The normalized spacial score (nSPS) is 20.9. The molecule has 0 aromatic carbocycles. The lowest BCUT2D eigenvalue weighted by molar-refractivity contribution is -0.131. The lowest BCUT2D eigenvalue weighted by atomic mass is 9.93. The van der Waals surface area contributed by atoms with Gasteiger partial charge in [0.1, 0.15) is 0 Å². The van der Waals surface area contributed by atoms with Gasteiger partial charge in [-0.25, -0.2) is 27.0 Å². The first-order chi connectivity index (χ1) is 14.1. The van der Waals surface area contributed by atoms with E-state index in [1.165, 1.54) is 4.31 Å². The highest BCUT2D eigenvalue weighted by Crippen LogP contribution is 2.41. The summed E-state index contributed by atoms with van der Waals surface area (Å²) in [5.41, 5.74) is 3.12. The van der Waals surface area contributed by atoms with Crippen molar-refractivity contribution in [1.29, 1.82) is 0 Å². The van der Waals surface area contributed by atoms with Crippen LogP contribution in [0.2, 0.25) is 0 Å². The van der Waals surface area contributed by atoms with Gasteiger partial charge in [-0.05, 0) is 50.7 Å². The monoisotopic (exact) mass is 445 g/mol. The van der Waals surface area contributed by atoms with Crippen LogP contribution in [-0.2, 0) is 21.2 Å². The van der Waals surface area contributed by atoms with Gasteiger partial charge in [0.2, 0.25) is 15.9 Å². The summed E-state index contributed by atoms with van der Waals surface area (Å²) in [4.78, 5) is 16.6. The molecule has 3 rings (SSSR count). The van der Waals surface area contributed by atoms with Crippen molar-refractivity contribution in [2.24, 2.45) is 0 Å². The molecule has 7 nitrogen and oxygen atoms in total. The Bertz CT molecular complexity index is 842. The first-order valence-electron chi connectivity index (χ1n) is 10.4. The standard InChI is InChI=1S/C20H29F2N3O4S/c1-19(21,22)11-6-15-4-5-17(23-14-15)16-7-12-25(13-8-16)30(28,29)20(18(26)24-27)9-2-3-10-20/h4-5,14,16,27H,2-3,6-13H2,1H3,(H,24,26). The second kappa shape index (κ2) is 8.84. The third-order valence-corrected chi connectivity index (χ3v) is 8.96. The molecule has 2 fully saturated rings. The Morgan fingerprint density at radius 2 is 1.93 bits per heavy atom. The molecule has 0 radical (unpaired) electrons. The Kier molecular flexibility index (Phi) is 6.78. The lowest BCUT2D eigenvalue weighted by Gasteiger charge is -2.37. The van der Waals surface area contributed by atoms with E-state index in [0.29, 0.717) is 25.7 Å². The molecule has 0 bridgehead atoms. The minimum absolute atomic E-state index is 0.0734. The average Bonchev–Trinajstić information content (AvgIpc) is 3.23. The number of hydrogen-bond donors (Lipinski definition) is 2. The molecular formula is C20H29F2N3O4S. The summed E-state index contributed by atoms with van der Waals surface area (Å²) in [7, 11) is -3.90. The van der Waals surface area contributed by atoms with E-state index >= 15 is 0 Å². The van der Waals surface area contributed by atoms with Crippen molar-refractivity contribution in [3.05, 3.63) is 29.6 Å². The third kappa shape index (κ3) is 4.65. The smallest absolute Gasteiger partial charge is 0.266 e. The summed E-state index contributed by atoms with van der Waals surface area (Å²) in [6.45, 7) is 1.45. The van der Waals surface area contributed by atoms with Gasteiger partial charge >= 0.3 is 0 Å². The van der Waals surface area contributed by atoms with Crippen LogP contribution in [0.25, 0.3) is 0 Å². The summed E-state index contributed by atoms with van der Waals surface area (Å²) in [6, 6.07) is 3.63. The second-order valence-corrected chi connectivity index (χ2v) is 10.7. The van der Waals surface area contributed by atoms with Crippen molar-refractivity contribution in [1.82, 2.24) is 14.8 Å². The Morgan fingerprint density at radius 1 is 1.30 bits per heavy atom. The van der Waals surface area contributed by atoms with E-state index in [0.717, 1.165) is 18.2 Å². The van der Waals surface area contributed by atoms with Gasteiger partial charge in [0.05, 0.1) is 0 Å². The number of hydrogen-bond acceptors (Lipinski definition) is 5. The van der Waals surface area contributed by atoms with Crippen molar-refractivity contribution in [2.75, 3.05) is 13.1 Å². The van der Waals surface area contributed by atoms with Gasteiger partial charge in [-0.3, -0.25) is 15.0 Å². The number of rotatable bonds is 7. The predicted octanol–water partition coefficient (Wildman–Crippen LogP) is 3.00. The van der Waals surface area contributed by atoms with Crippen molar-refractivity contribution in [2.45, 2.75) is 74.9 Å². The molecular weight excluding hydrogens is 416 g/mol. The molecule has 2 heterocycles. The van der Waals surface area contributed by atoms with E-state index < -0.39 is 26.6 Å². The molecule has 1 aliphatic carbocycles. The Labute approximate surface area is 175 Å². The number of nitrogens with one attached hydrogen (secondary N) is 1. The Morgan fingerprint density at radius 3 is 2.43 bits per heavy atom. The maximum Gasteiger partial charge on any atom is 0.266 e. The maximum atomic E-state index is 13.2. The number of piperidine rings is 1. The van der Waals surface area contributed by atoms with E-state index in [-0.39, 0.29) is 44.7 Å². The number of sulfonamides is 1. The molecule has 30 heavy (non-hydrogen) atoms. The molecule has 1 aromatic rings. The number of carbonyl (C=O) groups is 1. The first-order valence-corrected chi connectivity index (χ1v) is 11.8. The minimum atomic E-state index is -3.90. The summed E-state index contributed by atoms with van der Waals surface area (Å²) in [5, 5.41) is 9.09. The number of aromatic nitrogens is 1. The van der Waals surface area contributed by atoms with Gasteiger partial charge in [-0.15, -0.1) is 0 Å². The number of nitrogens with zero attached hydrogens (tertiary/aromatic N) is 2. The summed E-state index contributed by atoms with van der Waals surface area (Å²) < 4.78 is 52.3. The van der Waals surface area contributed by atoms with Crippen molar-refractivity contribution in [3.63, 3.8) is 0 Å². The Balaban J connectivity index is 1.63. The summed E-state index contributed by atoms with van der Waals surface area (Å²) >= 11 is 0. The zero-order valence-corrected chi connectivity index (χ0v) is 17.9. The number of amides is 1. The zero-order chi connectivity index (χ0) is 22.0. The highest BCUT2D eigenvalue weighted by atomic mass is 32.2. The van der Waals surface area contributed by atoms with E-state index in [1.807, 2.05) is 6.07 Å². The molecule has 2 N–H and O–H groups in total. The zero-order valence-electron chi connectivity index (χ0n) is 17.1. The molecule has 0 spiro atoms. The van der Waals surface area contributed by atoms with Crippen molar-refractivity contribution in [3.8, 4) is 0 Å². The molecule has 2 aliphatic rings. The van der Waals surface area contributed by atoms with Crippen LogP contribution in [0.3, 0.4) is 0 Å². The number of pyridine rings is 1. The van der Waals surface area contributed by atoms with Gasteiger partial charge in [0.25, 0.3) is 5.91 Å². The predicted molar refractivity (Wildman–Crippen MR) is 107 cm³/mol. The molecule has 0 atom stereocenters. The molecule has 10 heteroatoms. The molecule has 1 aromatic heterocycles. The van der Waals surface area contributed by atoms with Gasteiger partial charge in [0, 0.05) is 37.3 Å². The molecule has 1 amide bonds. The maximum absolute atomic E-state index is 13.2. The van der Waals surface area contributed by atoms with Crippen LogP contribution in [0.1, 0.15) is 69.0 Å². The highest BCUT2D eigenvalue weighted by molar-refractivity contribution is 7.91. The number of alkyl halides is 2. The van der Waals surface area contributed by atoms with Gasteiger partial charge in [-0.2, -0.15) is 0 Å². The van der Waals surface area contributed by atoms with Crippen LogP contribution in [0.15, 0.2) is 18.3 Å². The number of halogens is 2. The second-order valence-electron chi connectivity index (χ2n) is 8.48. The topological polar surface area (TPSA) is 99.6 Å². The number of aryl methyl sites for hydroxylation is 1. The fourth-order valence-corrected chi connectivity index (χ4v) is 6.75. The summed E-state index contributed by atoms with van der Waals surface area (Å²) in [6.07, 6.45) is 4.44. The molecule has 0 unspecified atom stereocenters. The summed E-state index contributed by atoms with van der Waals surface area (Å²) in [5.74, 6) is -3.48. The first kappa shape index (κ1) is 23.0. The van der Waals surface area contributed by atoms with E-state index in [1.54, 1.807) is 17.7 Å².